The lowest BCUT2D eigenvalue weighted by atomic mass is 9.94. The number of nitrogens with zero attached hydrogens (tertiary/aromatic N) is 2. The molecule has 0 amide bonds. The summed E-state index contributed by atoms with van der Waals surface area (Å²) >= 11 is 12.1. The van der Waals surface area contributed by atoms with E-state index >= 15 is 0 Å². The number of nitrogens with one attached hydrogen (secondary N) is 1. The fraction of sp³-hybridized carbons (Fsp3) is 0.467. The monoisotopic (exact) mass is 325 g/mol. The zero-order chi connectivity index (χ0) is 14.9. The van der Waals surface area contributed by atoms with Gasteiger partial charge in [-0.15, -0.1) is 0 Å². The summed E-state index contributed by atoms with van der Waals surface area (Å²) in [5.41, 5.74) is 0.785. The lowest BCUT2D eigenvalue weighted by Crippen LogP contribution is -2.36. The Kier molecular flexibility index (Phi) is 4.20. The number of aromatic nitrogens is 2. The molecule has 1 aromatic carbocycles. The van der Waals surface area contributed by atoms with Gasteiger partial charge >= 0.3 is 0 Å². The van der Waals surface area contributed by atoms with Gasteiger partial charge in [0.2, 0.25) is 5.89 Å². The SMILES string of the molecule is CCC1(c2nc(Cc3ccc(Cl)cc3Cl)no2)CCCN1. The van der Waals surface area contributed by atoms with Crippen LogP contribution in [0.4, 0.5) is 0 Å². The molecule has 2 heterocycles. The maximum Gasteiger partial charge on any atom is 0.246 e. The summed E-state index contributed by atoms with van der Waals surface area (Å²) in [5, 5.41) is 8.83. The number of rotatable bonds is 4. The molecule has 6 heteroatoms. The van der Waals surface area contributed by atoms with E-state index in [0.29, 0.717) is 28.2 Å². The second kappa shape index (κ2) is 5.95. The van der Waals surface area contributed by atoms with Crippen molar-refractivity contribution in [2.45, 2.75) is 38.1 Å². The van der Waals surface area contributed by atoms with Crippen LogP contribution < -0.4 is 5.32 Å². The maximum atomic E-state index is 6.19. The van der Waals surface area contributed by atoms with E-state index in [4.69, 9.17) is 27.7 Å². The van der Waals surface area contributed by atoms with E-state index in [2.05, 4.69) is 22.4 Å². The fourth-order valence-corrected chi connectivity index (χ4v) is 3.27. The highest BCUT2D eigenvalue weighted by atomic mass is 35.5. The standard InChI is InChI=1S/C15H17Cl2N3O/c1-2-15(6-3-7-18-15)14-19-13(20-21-14)8-10-4-5-11(16)9-12(10)17/h4-5,9,18H,2-3,6-8H2,1H3. The van der Waals surface area contributed by atoms with Gasteiger partial charge in [0.05, 0.1) is 5.54 Å². The Morgan fingerprint density at radius 2 is 2.24 bits per heavy atom. The van der Waals surface area contributed by atoms with Crippen LogP contribution in [0, 0.1) is 0 Å². The molecule has 0 spiro atoms. The highest BCUT2D eigenvalue weighted by molar-refractivity contribution is 6.35. The van der Waals surface area contributed by atoms with Crippen molar-refractivity contribution in [2.75, 3.05) is 6.54 Å². The van der Waals surface area contributed by atoms with E-state index in [1.54, 1.807) is 6.07 Å². The van der Waals surface area contributed by atoms with Crippen LogP contribution >= 0.6 is 23.2 Å². The maximum absolute atomic E-state index is 6.19. The van der Waals surface area contributed by atoms with E-state index in [0.717, 1.165) is 31.4 Å². The molecule has 0 radical (unpaired) electrons. The molecule has 0 saturated carbocycles. The smallest absolute Gasteiger partial charge is 0.246 e. The second-order valence-corrected chi connectivity index (χ2v) is 6.24. The van der Waals surface area contributed by atoms with Crippen LogP contribution in [0.1, 0.15) is 43.5 Å². The molecule has 21 heavy (non-hydrogen) atoms. The third kappa shape index (κ3) is 2.93. The van der Waals surface area contributed by atoms with Crippen LogP contribution in [0.25, 0.3) is 0 Å². The molecule has 0 aliphatic carbocycles. The summed E-state index contributed by atoms with van der Waals surface area (Å²) in [7, 11) is 0. The molecule has 1 aliphatic rings. The van der Waals surface area contributed by atoms with Crippen LogP contribution in [-0.2, 0) is 12.0 Å². The van der Waals surface area contributed by atoms with Gasteiger partial charge in [-0.25, -0.2) is 0 Å². The van der Waals surface area contributed by atoms with Crippen molar-refractivity contribution in [2.24, 2.45) is 0 Å². The molecule has 1 aliphatic heterocycles. The molecule has 112 valence electrons. The summed E-state index contributed by atoms with van der Waals surface area (Å²) in [6.07, 6.45) is 3.65. The van der Waals surface area contributed by atoms with E-state index in [-0.39, 0.29) is 5.54 Å². The van der Waals surface area contributed by atoms with Crippen molar-refractivity contribution in [3.8, 4) is 0 Å². The van der Waals surface area contributed by atoms with Crippen molar-refractivity contribution in [3.63, 3.8) is 0 Å². The largest absolute Gasteiger partial charge is 0.337 e. The average molecular weight is 326 g/mol. The Morgan fingerprint density at radius 3 is 2.90 bits per heavy atom. The molecule has 1 unspecified atom stereocenters. The van der Waals surface area contributed by atoms with E-state index in [1.807, 2.05) is 12.1 Å². The summed E-state index contributed by atoms with van der Waals surface area (Å²) in [6.45, 7) is 3.13. The first-order chi connectivity index (χ1) is 10.1. The van der Waals surface area contributed by atoms with Gasteiger partial charge in [-0.2, -0.15) is 4.98 Å². The minimum Gasteiger partial charge on any atom is -0.337 e. The minimum absolute atomic E-state index is 0.158. The van der Waals surface area contributed by atoms with Crippen molar-refractivity contribution < 1.29 is 4.52 Å². The van der Waals surface area contributed by atoms with Crippen LogP contribution in [-0.4, -0.2) is 16.7 Å². The molecule has 3 rings (SSSR count). The van der Waals surface area contributed by atoms with Crippen LogP contribution in [0.15, 0.2) is 22.7 Å². The zero-order valence-electron chi connectivity index (χ0n) is 11.8. The Labute approximate surface area is 133 Å². The normalized spacial score (nSPS) is 21.9. The van der Waals surface area contributed by atoms with Gasteiger partial charge in [-0.05, 0) is 43.5 Å². The molecule has 1 aromatic heterocycles. The third-order valence-electron chi connectivity index (χ3n) is 4.09. The summed E-state index contributed by atoms with van der Waals surface area (Å²) < 4.78 is 5.49. The highest BCUT2D eigenvalue weighted by Crippen LogP contribution is 2.33. The lowest BCUT2D eigenvalue weighted by molar-refractivity contribution is 0.249. The summed E-state index contributed by atoms with van der Waals surface area (Å²) in [4.78, 5) is 4.56. The van der Waals surface area contributed by atoms with Crippen molar-refractivity contribution >= 4 is 23.2 Å². The molecule has 0 bridgehead atoms. The minimum atomic E-state index is -0.158. The first-order valence-electron chi connectivity index (χ1n) is 7.15. The Hall–Kier alpha value is -1.10. The fourth-order valence-electron chi connectivity index (χ4n) is 2.80. The van der Waals surface area contributed by atoms with Gasteiger partial charge in [-0.1, -0.05) is 41.3 Å². The number of benzene rings is 1. The van der Waals surface area contributed by atoms with E-state index in [9.17, 15) is 0 Å². The number of hydrogen-bond donors (Lipinski definition) is 1. The summed E-state index contributed by atoms with van der Waals surface area (Å²) in [5.74, 6) is 1.33. The van der Waals surface area contributed by atoms with E-state index < -0.39 is 0 Å². The molecular formula is C15H17Cl2N3O. The molecule has 1 saturated heterocycles. The number of halogens is 2. The van der Waals surface area contributed by atoms with Gasteiger partial charge in [-0.3, -0.25) is 0 Å². The summed E-state index contributed by atoms with van der Waals surface area (Å²) in [6, 6.07) is 5.44. The van der Waals surface area contributed by atoms with Crippen molar-refractivity contribution in [1.29, 1.82) is 0 Å². The Bertz CT molecular complexity index is 636. The zero-order valence-corrected chi connectivity index (χ0v) is 13.3. The lowest BCUT2D eigenvalue weighted by Gasteiger charge is -2.22. The average Bonchev–Trinajstić information content (AvgIpc) is 3.11. The third-order valence-corrected chi connectivity index (χ3v) is 4.68. The first-order valence-corrected chi connectivity index (χ1v) is 7.90. The molecule has 2 aromatic rings. The molecule has 1 fully saturated rings. The van der Waals surface area contributed by atoms with Crippen LogP contribution in [0.5, 0.6) is 0 Å². The van der Waals surface area contributed by atoms with Gasteiger partial charge in [0.1, 0.15) is 0 Å². The highest BCUT2D eigenvalue weighted by Gasteiger charge is 2.38. The van der Waals surface area contributed by atoms with Gasteiger partial charge in [0.25, 0.3) is 0 Å². The van der Waals surface area contributed by atoms with Gasteiger partial charge < -0.3 is 9.84 Å². The van der Waals surface area contributed by atoms with Gasteiger partial charge in [0, 0.05) is 16.5 Å². The Balaban J connectivity index is 1.82. The molecular weight excluding hydrogens is 309 g/mol. The first kappa shape index (κ1) is 14.8. The van der Waals surface area contributed by atoms with Crippen molar-refractivity contribution in [1.82, 2.24) is 15.5 Å². The van der Waals surface area contributed by atoms with Crippen molar-refractivity contribution in [3.05, 3.63) is 45.5 Å². The molecule has 1 N–H and O–H groups in total. The molecule has 1 atom stereocenters. The predicted octanol–water partition coefficient (Wildman–Crippen LogP) is 3.96. The van der Waals surface area contributed by atoms with Gasteiger partial charge in [0.15, 0.2) is 5.82 Å². The predicted molar refractivity (Wildman–Crippen MR) is 82.8 cm³/mol. The topological polar surface area (TPSA) is 51.0 Å². The van der Waals surface area contributed by atoms with E-state index in [1.165, 1.54) is 0 Å². The second-order valence-electron chi connectivity index (χ2n) is 5.39. The van der Waals surface area contributed by atoms with Crippen LogP contribution in [0.3, 0.4) is 0 Å². The molecule has 4 nitrogen and oxygen atoms in total. The number of hydrogen-bond acceptors (Lipinski definition) is 4. The Morgan fingerprint density at radius 1 is 1.38 bits per heavy atom. The van der Waals surface area contributed by atoms with Crippen LogP contribution in [0.2, 0.25) is 10.0 Å². The quantitative estimate of drug-likeness (QED) is 0.924.